The minimum atomic E-state index is 0. The van der Waals surface area contributed by atoms with Gasteiger partial charge in [0, 0.05) is 31.5 Å². The molecule has 0 bridgehead atoms. The molecule has 0 aliphatic rings. The largest absolute Gasteiger partial charge is 0.363 e. The molecule has 2 aromatic heterocycles. The van der Waals surface area contributed by atoms with Crippen molar-refractivity contribution in [2.45, 2.75) is 26.9 Å². The van der Waals surface area contributed by atoms with Gasteiger partial charge in [0.1, 0.15) is 5.82 Å². The normalized spacial score (nSPS) is 10.1. The minimum absolute atomic E-state index is 0. The Balaban J connectivity index is 0.00000144. The predicted molar refractivity (Wildman–Crippen MR) is 70.4 cm³/mol. The van der Waals surface area contributed by atoms with Crippen molar-refractivity contribution in [3.63, 3.8) is 0 Å². The Kier molecular flexibility index (Phi) is 4.57. The molecule has 6 heteroatoms. The first-order valence-corrected chi connectivity index (χ1v) is 5.46. The van der Waals surface area contributed by atoms with E-state index in [0.717, 1.165) is 24.6 Å². The molecule has 0 unspecified atom stereocenters. The summed E-state index contributed by atoms with van der Waals surface area (Å²) in [5.41, 5.74) is 2.32. The fraction of sp³-hybridized carbons (Fsp3) is 0.455. The van der Waals surface area contributed by atoms with Crippen LogP contribution in [0.2, 0.25) is 0 Å². The Morgan fingerprint density at radius 3 is 2.76 bits per heavy atom. The molecule has 17 heavy (non-hydrogen) atoms. The van der Waals surface area contributed by atoms with Crippen molar-refractivity contribution in [3.8, 4) is 0 Å². The van der Waals surface area contributed by atoms with Gasteiger partial charge in [-0.3, -0.25) is 9.36 Å². The first kappa shape index (κ1) is 13.6. The molecule has 2 aromatic rings. The highest BCUT2D eigenvalue weighted by Crippen LogP contribution is 2.08. The van der Waals surface area contributed by atoms with Crippen LogP contribution in [0.25, 0.3) is 0 Å². The molecular weight excluding hydrogens is 238 g/mol. The molecule has 5 nitrogen and oxygen atoms in total. The van der Waals surface area contributed by atoms with Gasteiger partial charge in [-0.25, -0.2) is 0 Å². The van der Waals surface area contributed by atoms with E-state index in [1.54, 1.807) is 0 Å². The summed E-state index contributed by atoms with van der Waals surface area (Å²) in [6.07, 6.45) is 1.82. The third-order valence-electron chi connectivity index (χ3n) is 2.67. The van der Waals surface area contributed by atoms with Gasteiger partial charge in [0.2, 0.25) is 0 Å². The molecule has 0 atom stereocenters. The molecule has 1 N–H and O–H groups in total. The summed E-state index contributed by atoms with van der Waals surface area (Å²) >= 11 is 0. The third-order valence-corrected chi connectivity index (χ3v) is 2.67. The summed E-state index contributed by atoms with van der Waals surface area (Å²) in [7, 11) is 1.94. The van der Waals surface area contributed by atoms with Gasteiger partial charge in [-0.15, -0.1) is 12.4 Å². The van der Waals surface area contributed by atoms with Crippen molar-refractivity contribution < 1.29 is 0 Å². The predicted octanol–water partition coefficient (Wildman–Crippen LogP) is 1.98. The van der Waals surface area contributed by atoms with Crippen LogP contribution in [0.5, 0.6) is 0 Å². The summed E-state index contributed by atoms with van der Waals surface area (Å²) in [6, 6.07) is 4.05. The van der Waals surface area contributed by atoms with Crippen molar-refractivity contribution in [1.82, 2.24) is 19.6 Å². The van der Waals surface area contributed by atoms with Crippen LogP contribution in [-0.2, 0) is 20.1 Å². The number of nitrogens with zero attached hydrogens (tertiary/aromatic N) is 4. The Hall–Kier alpha value is -1.49. The molecule has 2 rings (SSSR count). The zero-order chi connectivity index (χ0) is 11.5. The molecule has 2 heterocycles. The van der Waals surface area contributed by atoms with Crippen LogP contribution in [0, 0.1) is 6.92 Å². The SMILES string of the molecule is CCn1nccc1CNc1cc(C)n(C)n1.Cl. The zero-order valence-corrected chi connectivity index (χ0v) is 11.2. The van der Waals surface area contributed by atoms with Crippen molar-refractivity contribution in [2.24, 2.45) is 7.05 Å². The van der Waals surface area contributed by atoms with E-state index in [9.17, 15) is 0 Å². The van der Waals surface area contributed by atoms with Gasteiger partial charge < -0.3 is 5.32 Å². The molecule has 0 spiro atoms. The standard InChI is InChI=1S/C11H17N5.ClH/c1-4-16-10(5-6-13-16)8-12-11-7-9(2)15(3)14-11;/h5-7H,4,8H2,1-3H3,(H,12,14);1H. The highest BCUT2D eigenvalue weighted by atomic mass is 35.5. The van der Waals surface area contributed by atoms with Crippen LogP contribution in [0.4, 0.5) is 5.82 Å². The number of aromatic nitrogens is 4. The minimum Gasteiger partial charge on any atom is -0.363 e. The zero-order valence-electron chi connectivity index (χ0n) is 10.3. The quantitative estimate of drug-likeness (QED) is 0.909. The first-order valence-electron chi connectivity index (χ1n) is 5.46. The molecule has 0 fully saturated rings. The number of aryl methyl sites for hydroxylation is 3. The van der Waals surface area contributed by atoms with Crippen LogP contribution in [0.1, 0.15) is 18.3 Å². The molecule has 94 valence electrons. The van der Waals surface area contributed by atoms with E-state index >= 15 is 0 Å². The van der Waals surface area contributed by atoms with Crippen LogP contribution in [-0.4, -0.2) is 19.6 Å². The van der Waals surface area contributed by atoms with Gasteiger partial charge in [-0.2, -0.15) is 10.2 Å². The molecule has 0 saturated heterocycles. The van der Waals surface area contributed by atoms with Crippen molar-refractivity contribution in [2.75, 3.05) is 5.32 Å². The van der Waals surface area contributed by atoms with E-state index in [0.29, 0.717) is 0 Å². The van der Waals surface area contributed by atoms with E-state index in [4.69, 9.17) is 0 Å². The molecular formula is C11H18ClN5. The van der Waals surface area contributed by atoms with E-state index in [2.05, 4.69) is 22.4 Å². The summed E-state index contributed by atoms with van der Waals surface area (Å²) in [5, 5.41) is 11.9. The van der Waals surface area contributed by atoms with Gasteiger partial charge in [0.05, 0.1) is 12.2 Å². The Morgan fingerprint density at radius 1 is 1.41 bits per heavy atom. The van der Waals surface area contributed by atoms with E-state index < -0.39 is 0 Å². The lowest BCUT2D eigenvalue weighted by molar-refractivity contribution is 0.627. The van der Waals surface area contributed by atoms with Crippen LogP contribution in [0.3, 0.4) is 0 Å². The number of hydrogen-bond donors (Lipinski definition) is 1. The number of halogens is 1. The number of nitrogens with one attached hydrogen (secondary N) is 1. The van der Waals surface area contributed by atoms with Crippen LogP contribution in [0.15, 0.2) is 18.3 Å². The summed E-state index contributed by atoms with van der Waals surface area (Å²) < 4.78 is 3.84. The number of anilines is 1. The molecule has 0 aromatic carbocycles. The Labute approximate surface area is 107 Å². The van der Waals surface area contributed by atoms with Gasteiger partial charge in [0.25, 0.3) is 0 Å². The second kappa shape index (κ2) is 5.72. The molecule has 0 aliphatic carbocycles. The maximum atomic E-state index is 4.34. The molecule has 0 radical (unpaired) electrons. The summed E-state index contributed by atoms with van der Waals surface area (Å²) in [6.45, 7) is 5.77. The smallest absolute Gasteiger partial charge is 0.148 e. The topological polar surface area (TPSA) is 47.7 Å². The summed E-state index contributed by atoms with van der Waals surface area (Å²) in [4.78, 5) is 0. The molecule has 0 amide bonds. The fourth-order valence-electron chi connectivity index (χ4n) is 1.62. The highest BCUT2D eigenvalue weighted by molar-refractivity contribution is 5.85. The van der Waals surface area contributed by atoms with Gasteiger partial charge in [0.15, 0.2) is 0 Å². The average molecular weight is 256 g/mol. The van der Waals surface area contributed by atoms with E-state index in [-0.39, 0.29) is 12.4 Å². The fourth-order valence-corrected chi connectivity index (χ4v) is 1.62. The average Bonchev–Trinajstić information content (AvgIpc) is 2.83. The number of hydrogen-bond acceptors (Lipinski definition) is 3. The van der Waals surface area contributed by atoms with E-state index in [1.807, 2.05) is 41.7 Å². The van der Waals surface area contributed by atoms with Crippen molar-refractivity contribution in [3.05, 3.63) is 29.7 Å². The van der Waals surface area contributed by atoms with Gasteiger partial charge >= 0.3 is 0 Å². The Bertz CT molecular complexity index is 454. The Morgan fingerprint density at radius 2 is 2.18 bits per heavy atom. The van der Waals surface area contributed by atoms with E-state index in [1.165, 1.54) is 5.69 Å². The van der Waals surface area contributed by atoms with Gasteiger partial charge in [-0.05, 0) is 19.9 Å². The second-order valence-electron chi connectivity index (χ2n) is 3.79. The second-order valence-corrected chi connectivity index (χ2v) is 3.79. The molecule has 0 aliphatic heterocycles. The van der Waals surface area contributed by atoms with Crippen molar-refractivity contribution in [1.29, 1.82) is 0 Å². The summed E-state index contributed by atoms with van der Waals surface area (Å²) in [5.74, 6) is 0.906. The first-order chi connectivity index (χ1) is 7.70. The number of rotatable bonds is 4. The van der Waals surface area contributed by atoms with Crippen molar-refractivity contribution >= 4 is 18.2 Å². The van der Waals surface area contributed by atoms with Crippen LogP contribution >= 0.6 is 12.4 Å². The maximum Gasteiger partial charge on any atom is 0.148 e. The monoisotopic (exact) mass is 255 g/mol. The molecule has 0 saturated carbocycles. The van der Waals surface area contributed by atoms with Gasteiger partial charge in [-0.1, -0.05) is 0 Å². The lowest BCUT2D eigenvalue weighted by atomic mass is 10.4. The third kappa shape index (κ3) is 3.00. The lowest BCUT2D eigenvalue weighted by Gasteiger charge is -2.05. The highest BCUT2D eigenvalue weighted by Gasteiger charge is 2.03. The van der Waals surface area contributed by atoms with Crippen LogP contribution < -0.4 is 5.32 Å². The lowest BCUT2D eigenvalue weighted by Crippen LogP contribution is -2.08. The maximum absolute atomic E-state index is 4.34.